The first-order chi connectivity index (χ1) is 13.2. The fourth-order valence-electron chi connectivity index (χ4n) is 3.98. The number of aryl methyl sites for hydroxylation is 3. The fraction of sp³-hybridized carbons (Fsp3) is 0.476. The number of rotatable bonds is 2. The first kappa shape index (κ1) is 22.3. The summed E-state index contributed by atoms with van der Waals surface area (Å²) in [5.74, 6) is 0.718. The van der Waals surface area contributed by atoms with Gasteiger partial charge in [0.05, 0.1) is 5.60 Å². The highest BCUT2D eigenvalue weighted by Crippen LogP contribution is 2.36. The van der Waals surface area contributed by atoms with Gasteiger partial charge in [0.2, 0.25) is 6.41 Å². The maximum Gasteiger partial charge on any atom is 0.204 e. The molecule has 0 aliphatic heterocycles. The summed E-state index contributed by atoms with van der Waals surface area (Å²) in [6.45, 7) is 5.25. The molecule has 7 heteroatoms. The third-order valence-corrected chi connectivity index (χ3v) is 5.62. The summed E-state index contributed by atoms with van der Waals surface area (Å²) < 4.78 is 5.27. The van der Waals surface area contributed by atoms with E-state index in [-0.39, 0.29) is 6.41 Å². The van der Waals surface area contributed by atoms with Crippen molar-refractivity contribution in [2.75, 3.05) is 5.73 Å². The maximum absolute atomic E-state index is 9.67. The molecule has 0 atom stereocenters. The number of aliphatic hydroxyl groups is 1. The molecule has 0 unspecified atom stereocenters. The second-order valence-electron chi connectivity index (χ2n) is 7.62. The molecule has 0 radical (unpaired) electrons. The van der Waals surface area contributed by atoms with Crippen molar-refractivity contribution in [3.05, 3.63) is 45.7 Å². The molecule has 0 spiro atoms. The number of nitrogen functional groups attached to an aromatic ring is 1. The van der Waals surface area contributed by atoms with E-state index >= 15 is 0 Å². The Morgan fingerprint density at radius 1 is 1.11 bits per heavy atom. The molecule has 28 heavy (non-hydrogen) atoms. The van der Waals surface area contributed by atoms with Crippen molar-refractivity contribution in [2.24, 2.45) is 10.9 Å². The first-order valence-corrected chi connectivity index (χ1v) is 10.4. The lowest BCUT2D eigenvalue weighted by Crippen LogP contribution is -2.15. The minimum absolute atomic E-state index is 0.250. The van der Waals surface area contributed by atoms with Crippen LogP contribution in [0.4, 0.5) is 5.69 Å². The van der Waals surface area contributed by atoms with E-state index < -0.39 is 5.60 Å². The number of furan rings is 1. The predicted molar refractivity (Wildman–Crippen MR) is 114 cm³/mol. The van der Waals surface area contributed by atoms with Crippen molar-refractivity contribution in [3.63, 3.8) is 0 Å². The number of nitrogens with two attached hydrogens (primary N) is 3. The average molecular weight is 406 g/mol. The highest BCUT2D eigenvalue weighted by Gasteiger charge is 2.23. The SMILES string of the molecule is Cc1oc(SN)cc1C(C)(C)O.NC=O.Nc1c2c(cc3c1CCC3)CCC2. The van der Waals surface area contributed by atoms with Gasteiger partial charge in [-0.3, -0.25) is 9.93 Å². The molecule has 1 heterocycles. The van der Waals surface area contributed by atoms with Gasteiger partial charge in [0.1, 0.15) is 5.76 Å². The molecule has 0 fully saturated rings. The van der Waals surface area contributed by atoms with E-state index in [0.717, 1.165) is 29.0 Å². The van der Waals surface area contributed by atoms with Crippen molar-refractivity contribution in [3.8, 4) is 0 Å². The Hall–Kier alpha value is -1.96. The van der Waals surface area contributed by atoms with Crippen LogP contribution >= 0.6 is 11.9 Å². The van der Waals surface area contributed by atoms with Crippen LogP contribution in [0.1, 0.15) is 60.3 Å². The van der Waals surface area contributed by atoms with Crippen LogP contribution in [-0.2, 0) is 36.1 Å². The monoisotopic (exact) mass is 405 g/mol. The Kier molecular flexibility index (Phi) is 7.57. The number of carbonyl (C=O) groups is 1. The van der Waals surface area contributed by atoms with Gasteiger partial charge >= 0.3 is 0 Å². The number of primary amides is 1. The zero-order valence-electron chi connectivity index (χ0n) is 16.9. The quantitative estimate of drug-likeness (QED) is 0.345. The smallest absolute Gasteiger partial charge is 0.204 e. The molecular formula is C21H31N3O3S. The summed E-state index contributed by atoms with van der Waals surface area (Å²) in [4.78, 5) is 8.58. The molecule has 6 nitrogen and oxygen atoms in total. The van der Waals surface area contributed by atoms with E-state index in [1.807, 2.05) is 6.92 Å². The largest absolute Gasteiger partial charge is 0.453 e. The van der Waals surface area contributed by atoms with Gasteiger partial charge in [-0.2, -0.15) is 0 Å². The third-order valence-electron chi connectivity index (χ3n) is 5.19. The lowest BCUT2D eigenvalue weighted by atomic mass is 9.99. The average Bonchev–Trinajstić information content (AvgIpc) is 3.34. The topological polar surface area (TPSA) is 128 Å². The first-order valence-electron chi connectivity index (χ1n) is 9.50. The van der Waals surface area contributed by atoms with Crippen LogP contribution in [0.25, 0.3) is 0 Å². The van der Waals surface area contributed by atoms with Gasteiger partial charge in [-0.05, 0) is 99.6 Å². The Bertz CT molecular complexity index is 793. The molecule has 2 aromatic rings. The number of benzene rings is 1. The van der Waals surface area contributed by atoms with Crippen molar-refractivity contribution in [2.45, 2.75) is 70.0 Å². The molecular weight excluding hydrogens is 374 g/mol. The number of fused-ring (bicyclic) bond motifs is 2. The van der Waals surface area contributed by atoms with E-state index in [2.05, 4.69) is 11.8 Å². The summed E-state index contributed by atoms with van der Waals surface area (Å²) in [5.41, 5.74) is 17.4. The minimum Gasteiger partial charge on any atom is -0.453 e. The highest BCUT2D eigenvalue weighted by molar-refractivity contribution is 7.96. The van der Waals surface area contributed by atoms with Crippen LogP contribution in [0.2, 0.25) is 0 Å². The van der Waals surface area contributed by atoms with Gasteiger partial charge in [0.25, 0.3) is 0 Å². The third kappa shape index (κ3) is 5.10. The Balaban J connectivity index is 0.000000177. The molecule has 2 aliphatic rings. The van der Waals surface area contributed by atoms with Crippen LogP contribution in [0.5, 0.6) is 0 Å². The Morgan fingerprint density at radius 2 is 1.61 bits per heavy atom. The Morgan fingerprint density at radius 3 is 1.96 bits per heavy atom. The maximum atomic E-state index is 9.67. The van der Waals surface area contributed by atoms with Gasteiger partial charge in [-0.1, -0.05) is 6.07 Å². The second-order valence-corrected chi connectivity index (χ2v) is 8.26. The van der Waals surface area contributed by atoms with E-state index in [0.29, 0.717) is 5.09 Å². The number of hydrogen-bond acceptors (Lipinski definition) is 6. The zero-order valence-corrected chi connectivity index (χ0v) is 17.7. The second kappa shape index (κ2) is 9.49. The summed E-state index contributed by atoms with van der Waals surface area (Å²) in [5, 5.41) is 15.6. The summed E-state index contributed by atoms with van der Waals surface area (Å²) >= 11 is 1.04. The molecule has 7 N–H and O–H groups in total. The van der Waals surface area contributed by atoms with Gasteiger partial charge in [0.15, 0.2) is 5.09 Å². The predicted octanol–water partition coefficient (Wildman–Crippen LogP) is 3.13. The number of carbonyl (C=O) groups excluding carboxylic acids is 1. The summed E-state index contributed by atoms with van der Waals surface area (Å²) in [6.07, 6.45) is 7.81. The van der Waals surface area contributed by atoms with Crippen LogP contribution in [0.3, 0.4) is 0 Å². The fourth-order valence-corrected chi connectivity index (χ4v) is 4.34. The van der Waals surface area contributed by atoms with Crippen LogP contribution in [0.15, 0.2) is 21.6 Å². The summed E-state index contributed by atoms with van der Waals surface area (Å²) in [6, 6.07) is 4.18. The highest BCUT2D eigenvalue weighted by atomic mass is 32.2. The summed E-state index contributed by atoms with van der Waals surface area (Å²) in [7, 11) is 0. The van der Waals surface area contributed by atoms with E-state index in [1.165, 1.54) is 60.8 Å². The lowest BCUT2D eigenvalue weighted by molar-refractivity contribution is -0.106. The van der Waals surface area contributed by atoms with Crippen molar-refractivity contribution >= 4 is 24.0 Å². The van der Waals surface area contributed by atoms with E-state index in [9.17, 15) is 5.11 Å². The van der Waals surface area contributed by atoms with E-state index in [4.69, 9.17) is 20.1 Å². The zero-order chi connectivity index (χ0) is 20.9. The molecule has 1 aromatic heterocycles. The number of hydrogen-bond donors (Lipinski definition) is 4. The molecule has 1 amide bonds. The molecule has 154 valence electrons. The van der Waals surface area contributed by atoms with Crippen molar-refractivity contribution in [1.82, 2.24) is 0 Å². The standard InChI is InChI=1S/C12H15N.C8H13NO2S.CH3NO/c13-12-10-5-1-3-8(10)7-9-4-2-6-11(9)12;1-5-6(8(2,3)10)4-7(11-5)12-9;2-1-3/h7H,1-6,13H2;4,10H,9H2,1-3H3;1H,(H2,2,3). The van der Waals surface area contributed by atoms with Gasteiger partial charge in [-0.25, -0.2) is 0 Å². The normalized spacial score (nSPS) is 14.3. The lowest BCUT2D eigenvalue weighted by Gasteiger charge is -2.15. The molecule has 0 saturated carbocycles. The molecule has 1 aromatic carbocycles. The van der Waals surface area contributed by atoms with Crippen LogP contribution < -0.4 is 16.6 Å². The van der Waals surface area contributed by atoms with Crippen LogP contribution in [0, 0.1) is 6.92 Å². The number of amides is 1. The van der Waals surface area contributed by atoms with Gasteiger partial charge < -0.3 is 21.0 Å². The molecule has 2 aliphatic carbocycles. The minimum atomic E-state index is -0.860. The van der Waals surface area contributed by atoms with Gasteiger partial charge in [0, 0.05) is 11.3 Å². The Labute approximate surface area is 171 Å². The van der Waals surface area contributed by atoms with E-state index in [1.54, 1.807) is 19.9 Å². The number of anilines is 1. The molecule has 0 bridgehead atoms. The van der Waals surface area contributed by atoms with Crippen LogP contribution in [-0.4, -0.2) is 11.5 Å². The van der Waals surface area contributed by atoms with Crippen molar-refractivity contribution in [1.29, 1.82) is 0 Å². The molecule has 0 saturated heterocycles. The van der Waals surface area contributed by atoms with Crippen molar-refractivity contribution < 1.29 is 14.3 Å². The molecule has 4 rings (SSSR count). The van der Waals surface area contributed by atoms with Gasteiger partial charge in [-0.15, -0.1) is 0 Å².